The lowest BCUT2D eigenvalue weighted by atomic mass is 10.1. The third-order valence-electron chi connectivity index (χ3n) is 4.48. The summed E-state index contributed by atoms with van der Waals surface area (Å²) in [5.41, 5.74) is 0.730. The molecule has 0 atom stereocenters. The first kappa shape index (κ1) is 17.3. The second-order valence-corrected chi connectivity index (χ2v) is 7.94. The molecule has 126 valence electrons. The van der Waals surface area contributed by atoms with E-state index in [1.165, 1.54) is 30.4 Å². The van der Waals surface area contributed by atoms with Crippen molar-refractivity contribution < 1.29 is 4.39 Å². The average molecular weight is 374 g/mol. The van der Waals surface area contributed by atoms with Crippen LogP contribution in [0.2, 0.25) is 5.02 Å². The molecule has 0 radical (unpaired) electrons. The highest BCUT2D eigenvalue weighted by atomic mass is 35.5. The fourth-order valence-electron chi connectivity index (χ4n) is 3.12. The highest BCUT2D eigenvalue weighted by Crippen LogP contribution is 2.23. The minimum absolute atomic E-state index is 0.109. The van der Waals surface area contributed by atoms with Crippen molar-refractivity contribution in [3.05, 3.63) is 29.0 Å². The van der Waals surface area contributed by atoms with Crippen LogP contribution in [0, 0.1) is 5.82 Å². The summed E-state index contributed by atoms with van der Waals surface area (Å²) >= 11 is 13.4. The lowest BCUT2D eigenvalue weighted by molar-refractivity contribution is 0.126. The van der Waals surface area contributed by atoms with E-state index in [1.54, 1.807) is 12.1 Å². The smallest absolute Gasteiger partial charge is 0.173 e. The van der Waals surface area contributed by atoms with Gasteiger partial charge in [0.15, 0.2) is 5.11 Å². The Bertz CT molecular complexity index is 558. The van der Waals surface area contributed by atoms with Gasteiger partial charge in [-0.1, -0.05) is 11.6 Å². The molecule has 0 bridgehead atoms. The van der Waals surface area contributed by atoms with Gasteiger partial charge < -0.3 is 10.2 Å². The maximum Gasteiger partial charge on any atom is 0.173 e. The van der Waals surface area contributed by atoms with Crippen molar-refractivity contribution >= 4 is 46.4 Å². The Kier molecular flexibility index (Phi) is 6.01. The van der Waals surface area contributed by atoms with Crippen LogP contribution >= 0.6 is 35.6 Å². The standard InChI is InChI=1S/C16H21ClFN3S2/c17-14-11-12(1-2-15(14)18)19-16(22)21-7-5-20(6-8-21)13-3-9-23-10-4-13/h1-2,11,13H,3-10H2,(H,19,22). The molecule has 0 spiro atoms. The summed E-state index contributed by atoms with van der Waals surface area (Å²) in [6, 6.07) is 5.32. The summed E-state index contributed by atoms with van der Waals surface area (Å²) in [6.45, 7) is 3.98. The first-order valence-corrected chi connectivity index (χ1v) is 9.90. The summed E-state index contributed by atoms with van der Waals surface area (Å²) in [5, 5.41) is 3.95. The van der Waals surface area contributed by atoms with Gasteiger partial charge in [-0.2, -0.15) is 11.8 Å². The number of nitrogens with zero attached hydrogens (tertiary/aromatic N) is 2. The van der Waals surface area contributed by atoms with Crippen LogP contribution in [0.25, 0.3) is 0 Å². The van der Waals surface area contributed by atoms with Crippen LogP contribution < -0.4 is 5.32 Å². The molecule has 0 aromatic heterocycles. The normalized spacial score (nSPS) is 20.5. The van der Waals surface area contributed by atoms with E-state index in [9.17, 15) is 4.39 Å². The van der Waals surface area contributed by atoms with E-state index in [1.807, 2.05) is 0 Å². The minimum atomic E-state index is -0.414. The Morgan fingerprint density at radius 3 is 2.57 bits per heavy atom. The molecule has 0 saturated carbocycles. The molecule has 0 aliphatic carbocycles. The van der Waals surface area contributed by atoms with Gasteiger partial charge in [-0.15, -0.1) is 0 Å². The Hall–Kier alpha value is -0.560. The van der Waals surface area contributed by atoms with E-state index in [0.29, 0.717) is 5.11 Å². The lowest BCUT2D eigenvalue weighted by Crippen LogP contribution is -2.53. The Balaban J connectivity index is 1.50. The fraction of sp³-hybridized carbons (Fsp3) is 0.562. The summed E-state index contributed by atoms with van der Waals surface area (Å²) in [5.74, 6) is 2.16. The van der Waals surface area contributed by atoms with Crippen LogP contribution in [-0.4, -0.2) is 58.6 Å². The van der Waals surface area contributed by atoms with Gasteiger partial charge in [0.25, 0.3) is 0 Å². The summed E-state index contributed by atoms with van der Waals surface area (Å²) in [7, 11) is 0. The zero-order valence-electron chi connectivity index (χ0n) is 12.9. The second kappa shape index (κ2) is 8.01. The van der Waals surface area contributed by atoms with Gasteiger partial charge in [0.05, 0.1) is 5.02 Å². The lowest BCUT2D eigenvalue weighted by Gasteiger charge is -2.41. The molecular formula is C16H21ClFN3S2. The van der Waals surface area contributed by atoms with Gasteiger partial charge in [0.2, 0.25) is 0 Å². The number of halogens is 2. The Morgan fingerprint density at radius 2 is 1.91 bits per heavy atom. The molecule has 23 heavy (non-hydrogen) atoms. The van der Waals surface area contributed by atoms with Crippen LogP contribution in [0.15, 0.2) is 18.2 Å². The molecule has 0 amide bonds. The quantitative estimate of drug-likeness (QED) is 0.794. The van der Waals surface area contributed by atoms with Crippen LogP contribution in [-0.2, 0) is 0 Å². The maximum atomic E-state index is 13.2. The number of hydrogen-bond donors (Lipinski definition) is 1. The van der Waals surface area contributed by atoms with Crippen LogP contribution in [0.5, 0.6) is 0 Å². The molecule has 1 N–H and O–H groups in total. The first-order chi connectivity index (χ1) is 11.1. The van der Waals surface area contributed by atoms with Crippen molar-refractivity contribution in [3.8, 4) is 0 Å². The second-order valence-electron chi connectivity index (χ2n) is 5.93. The van der Waals surface area contributed by atoms with E-state index in [-0.39, 0.29) is 5.02 Å². The molecular weight excluding hydrogens is 353 g/mol. The highest BCUT2D eigenvalue weighted by molar-refractivity contribution is 7.99. The molecule has 0 unspecified atom stereocenters. The van der Waals surface area contributed by atoms with Crippen molar-refractivity contribution in [2.45, 2.75) is 18.9 Å². The number of nitrogens with one attached hydrogen (secondary N) is 1. The predicted molar refractivity (Wildman–Crippen MR) is 101 cm³/mol. The van der Waals surface area contributed by atoms with Gasteiger partial charge in [-0.05, 0) is 54.8 Å². The SMILES string of the molecule is Fc1ccc(NC(=S)N2CCN(C3CCSCC3)CC2)cc1Cl. The monoisotopic (exact) mass is 373 g/mol. The van der Waals surface area contributed by atoms with Gasteiger partial charge in [-0.25, -0.2) is 4.39 Å². The summed E-state index contributed by atoms with van der Waals surface area (Å²) < 4.78 is 13.2. The van der Waals surface area contributed by atoms with Crippen LogP contribution in [0.3, 0.4) is 0 Å². The van der Waals surface area contributed by atoms with E-state index < -0.39 is 5.82 Å². The molecule has 7 heteroatoms. The van der Waals surface area contributed by atoms with Crippen LogP contribution in [0.4, 0.5) is 10.1 Å². The highest BCUT2D eigenvalue weighted by Gasteiger charge is 2.26. The minimum Gasteiger partial charge on any atom is -0.346 e. The number of hydrogen-bond acceptors (Lipinski definition) is 3. The van der Waals surface area contributed by atoms with E-state index >= 15 is 0 Å². The zero-order valence-corrected chi connectivity index (χ0v) is 15.3. The topological polar surface area (TPSA) is 18.5 Å². The van der Waals surface area contributed by atoms with E-state index in [4.69, 9.17) is 23.8 Å². The molecule has 1 aromatic rings. The van der Waals surface area contributed by atoms with Gasteiger partial charge in [0, 0.05) is 37.9 Å². The van der Waals surface area contributed by atoms with Gasteiger partial charge in [0.1, 0.15) is 5.82 Å². The van der Waals surface area contributed by atoms with Crippen molar-refractivity contribution in [3.63, 3.8) is 0 Å². The first-order valence-electron chi connectivity index (χ1n) is 7.96. The molecule has 2 heterocycles. The summed E-state index contributed by atoms with van der Waals surface area (Å²) in [6.07, 6.45) is 2.61. The number of thioether (sulfide) groups is 1. The molecule has 2 saturated heterocycles. The molecule has 2 aliphatic rings. The summed E-state index contributed by atoms with van der Waals surface area (Å²) in [4.78, 5) is 4.79. The maximum absolute atomic E-state index is 13.2. The molecule has 3 nitrogen and oxygen atoms in total. The van der Waals surface area contributed by atoms with Crippen LogP contribution in [0.1, 0.15) is 12.8 Å². The average Bonchev–Trinajstić information content (AvgIpc) is 2.59. The van der Waals surface area contributed by atoms with Crippen molar-refractivity contribution in [2.75, 3.05) is 43.0 Å². The Morgan fingerprint density at radius 1 is 1.22 bits per heavy atom. The molecule has 2 fully saturated rings. The fourth-order valence-corrected chi connectivity index (χ4v) is 4.68. The number of anilines is 1. The molecule has 1 aromatic carbocycles. The Labute approximate surface area is 151 Å². The van der Waals surface area contributed by atoms with Crippen molar-refractivity contribution in [2.24, 2.45) is 0 Å². The number of thiocarbonyl (C=S) groups is 1. The van der Waals surface area contributed by atoms with E-state index in [2.05, 4.69) is 26.9 Å². The van der Waals surface area contributed by atoms with E-state index in [0.717, 1.165) is 37.9 Å². The number of piperazine rings is 1. The largest absolute Gasteiger partial charge is 0.346 e. The number of benzene rings is 1. The third kappa shape index (κ3) is 4.50. The molecule has 2 aliphatic heterocycles. The predicted octanol–water partition coefficient (Wildman–Crippen LogP) is 3.69. The van der Waals surface area contributed by atoms with Gasteiger partial charge in [-0.3, -0.25) is 4.90 Å². The number of rotatable bonds is 2. The van der Waals surface area contributed by atoms with Crippen molar-refractivity contribution in [1.29, 1.82) is 0 Å². The third-order valence-corrected chi connectivity index (χ3v) is 6.18. The van der Waals surface area contributed by atoms with Gasteiger partial charge >= 0.3 is 0 Å². The van der Waals surface area contributed by atoms with Crippen molar-refractivity contribution in [1.82, 2.24) is 9.80 Å². The zero-order chi connectivity index (χ0) is 16.2. The molecule has 3 rings (SSSR count).